The van der Waals surface area contributed by atoms with Gasteiger partial charge in [-0.25, -0.2) is 4.90 Å². The molecule has 4 aromatic rings. The van der Waals surface area contributed by atoms with Crippen molar-refractivity contribution >= 4 is 52.4 Å². The van der Waals surface area contributed by atoms with Crippen molar-refractivity contribution in [3.63, 3.8) is 0 Å². The van der Waals surface area contributed by atoms with Crippen molar-refractivity contribution < 1.29 is 29.1 Å². The quantitative estimate of drug-likeness (QED) is 0.139. The van der Waals surface area contributed by atoms with Crippen molar-refractivity contribution in [2.75, 3.05) is 9.80 Å². The summed E-state index contributed by atoms with van der Waals surface area (Å²) in [4.78, 5) is 73.0. The molecule has 2 saturated heterocycles. The van der Waals surface area contributed by atoms with Gasteiger partial charge in [-0.2, -0.15) is 0 Å². The molecular weight excluding hydrogens is 652 g/mol. The molecule has 0 unspecified atom stereocenters. The lowest BCUT2D eigenvalue weighted by atomic mass is 9.49. The van der Waals surface area contributed by atoms with Gasteiger partial charge in [0.1, 0.15) is 5.75 Å². The summed E-state index contributed by atoms with van der Waals surface area (Å²) in [6.07, 6.45) is 2.36. The van der Waals surface area contributed by atoms with Crippen molar-refractivity contribution in [1.82, 2.24) is 0 Å². The van der Waals surface area contributed by atoms with Gasteiger partial charge in [0.25, 0.3) is 0 Å². The van der Waals surface area contributed by atoms with Crippen LogP contribution in [0.15, 0.2) is 109 Å². The number of hydrogen-bond acceptors (Lipinski definition) is 6. The van der Waals surface area contributed by atoms with Crippen LogP contribution in [0.25, 0.3) is 0 Å². The third kappa shape index (κ3) is 4.40. The zero-order chi connectivity index (χ0) is 35.1. The maximum atomic E-state index is 15.3. The molecule has 1 N–H and O–H groups in total. The van der Waals surface area contributed by atoms with Crippen molar-refractivity contribution in [2.45, 2.75) is 38.0 Å². The molecule has 50 heavy (non-hydrogen) atoms. The molecule has 2 aliphatic carbocycles. The number of aromatic hydroxyl groups is 1. The van der Waals surface area contributed by atoms with Crippen LogP contribution in [0.2, 0.25) is 5.02 Å². The molecular formula is C41H33ClN2O6. The van der Waals surface area contributed by atoms with Crippen LogP contribution in [0.5, 0.6) is 5.75 Å². The van der Waals surface area contributed by atoms with Gasteiger partial charge in [-0.15, -0.1) is 0 Å². The number of ketones is 1. The molecule has 6 atom stereocenters. The average molecular weight is 685 g/mol. The van der Waals surface area contributed by atoms with Gasteiger partial charge in [-0.05, 0) is 86.2 Å². The highest BCUT2D eigenvalue weighted by Gasteiger charge is 2.70. The van der Waals surface area contributed by atoms with Gasteiger partial charge in [0, 0.05) is 22.1 Å². The Hall–Kier alpha value is -5.34. The van der Waals surface area contributed by atoms with E-state index in [-0.39, 0.29) is 36.2 Å². The topological polar surface area (TPSA) is 112 Å². The number of Topliss-reactive ketones (excluding diaryl/α,β-unsaturated/α-hetero) is 1. The Labute approximate surface area is 294 Å². The van der Waals surface area contributed by atoms with E-state index >= 15 is 4.79 Å². The minimum absolute atomic E-state index is 0.0118. The van der Waals surface area contributed by atoms with Gasteiger partial charge in [-0.3, -0.25) is 28.9 Å². The van der Waals surface area contributed by atoms with Gasteiger partial charge >= 0.3 is 0 Å². The van der Waals surface area contributed by atoms with E-state index < -0.39 is 46.8 Å². The molecule has 4 aromatic carbocycles. The molecule has 8 rings (SSSR count). The SMILES string of the molecule is CC(=O)c1ccc(N2C(=O)[C@H]3[C@H](CC=C4[C@H]3C[C@H]3C(=O)N(c5cccc(Cl)c5)C(=O)[C@@]3(c3ccccc3)[C@H]4c3cccc(C)c3O)C2=O)cc1. The number of carbonyl (C=O) groups is 5. The van der Waals surface area contributed by atoms with Crippen LogP contribution in [-0.4, -0.2) is 34.5 Å². The number of carbonyl (C=O) groups excluding carboxylic acids is 5. The summed E-state index contributed by atoms with van der Waals surface area (Å²) < 4.78 is 0. The summed E-state index contributed by atoms with van der Waals surface area (Å²) in [5.41, 5.74) is 2.18. The fourth-order valence-corrected chi connectivity index (χ4v) is 9.29. The Balaban J connectivity index is 1.34. The minimum atomic E-state index is -1.48. The number of aryl methyl sites for hydroxylation is 1. The average Bonchev–Trinajstić information content (AvgIpc) is 3.50. The zero-order valence-electron chi connectivity index (χ0n) is 27.4. The first-order valence-electron chi connectivity index (χ1n) is 16.7. The van der Waals surface area contributed by atoms with Crippen LogP contribution in [0.3, 0.4) is 0 Å². The standard InChI is InChI=1S/C41H33ClN2O6/c1-22-8-6-13-31(36(22)46)35-29-18-19-30-34(39(49)43(37(30)47)27-16-14-24(15-17-27)23(2)45)32(29)21-33-38(48)44(28-12-7-11-26(42)20-28)40(50)41(33,35)25-9-4-3-5-10-25/h3-18,20,30,32-35,46H,19,21H2,1-2H3/t30-,32+,33-,34-,35+,41+/m0/s1. The van der Waals surface area contributed by atoms with Gasteiger partial charge in [0.05, 0.1) is 34.5 Å². The zero-order valence-corrected chi connectivity index (χ0v) is 28.1. The highest BCUT2D eigenvalue weighted by Crippen LogP contribution is 2.65. The normalized spacial score (nSPS) is 27.2. The van der Waals surface area contributed by atoms with E-state index in [9.17, 15) is 24.3 Å². The van der Waals surface area contributed by atoms with E-state index in [0.717, 1.165) is 5.57 Å². The minimum Gasteiger partial charge on any atom is -0.507 e. The van der Waals surface area contributed by atoms with E-state index in [1.165, 1.54) is 16.7 Å². The Morgan fingerprint density at radius 1 is 0.800 bits per heavy atom. The number of anilines is 2. The lowest BCUT2D eigenvalue weighted by Crippen LogP contribution is -2.53. The molecule has 2 heterocycles. The molecule has 1 saturated carbocycles. The maximum absolute atomic E-state index is 15.3. The molecule has 4 aliphatic rings. The van der Waals surface area contributed by atoms with E-state index in [1.807, 2.05) is 42.5 Å². The largest absolute Gasteiger partial charge is 0.507 e. The summed E-state index contributed by atoms with van der Waals surface area (Å²) >= 11 is 6.38. The summed E-state index contributed by atoms with van der Waals surface area (Å²) in [7, 11) is 0. The monoisotopic (exact) mass is 684 g/mol. The van der Waals surface area contributed by atoms with Gasteiger partial charge < -0.3 is 5.11 Å². The molecule has 250 valence electrons. The number of benzene rings is 4. The first-order chi connectivity index (χ1) is 24.0. The smallest absolute Gasteiger partial charge is 0.246 e. The molecule has 0 bridgehead atoms. The van der Waals surface area contributed by atoms with Gasteiger partial charge in [-0.1, -0.05) is 77.8 Å². The lowest BCUT2D eigenvalue weighted by molar-refractivity contribution is -0.127. The number of halogens is 1. The number of phenolic OH excluding ortho intramolecular Hbond substituents is 1. The molecule has 4 amide bonds. The first kappa shape index (κ1) is 31.9. The molecule has 3 fully saturated rings. The Morgan fingerprint density at radius 2 is 1.52 bits per heavy atom. The Kier molecular flexibility index (Phi) is 7.42. The van der Waals surface area contributed by atoms with E-state index in [2.05, 4.69) is 0 Å². The Morgan fingerprint density at radius 3 is 2.22 bits per heavy atom. The van der Waals surface area contributed by atoms with Gasteiger partial charge in [0.2, 0.25) is 23.6 Å². The second kappa shape index (κ2) is 11.6. The fourth-order valence-electron chi connectivity index (χ4n) is 9.10. The first-order valence-corrected chi connectivity index (χ1v) is 17.1. The molecule has 0 radical (unpaired) electrons. The van der Waals surface area contributed by atoms with Crippen molar-refractivity contribution in [3.05, 3.63) is 136 Å². The summed E-state index contributed by atoms with van der Waals surface area (Å²) in [5.74, 6) is -5.50. The highest BCUT2D eigenvalue weighted by atomic mass is 35.5. The number of phenols is 1. The highest BCUT2D eigenvalue weighted by molar-refractivity contribution is 6.32. The third-order valence-electron chi connectivity index (χ3n) is 11.3. The number of nitrogens with zero attached hydrogens (tertiary/aromatic N) is 2. The number of imide groups is 2. The number of para-hydroxylation sites is 1. The number of allylic oxidation sites excluding steroid dienone is 2. The van der Waals surface area contributed by atoms with Crippen LogP contribution in [0, 0.1) is 30.6 Å². The molecule has 9 heteroatoms. The van der Waals surface area contributed by atoms with Crippen molar-refractivity contribution in [2.24, 2.45) is 23.7 Å². The van der Waals surface area contributed by atoms with Crippen molar-refractivity contribution in [3.8, 4) is 5.75 Å². The van der Waals surface area contributed by atoms with Crippen LogP contribution in [0.1, 0.15) is 52.7 Å². The van der Waals surface area contributed by atoms with Gasteiger partial charge in [0.15, 0.2) is 5.78 Å². The fraction of sp³-hybridized carbons (Fsp3) is 0.244. The number of fused-ring (bicyclic) bond motifs is 4. The van der Waals surface area contributed by atoms with E-state index in [1.54, 1.807) is 67.6 Å². The molecule has 8 nitrogen and oxygen atoms in total. The predicted octanol–water partition coefficient (Wildman–Crippen LogP) is 6.92. The summed E-state index contributed by atoms with van der Waals surface area (Å²) in [6.45, 7) is 3.23. The summed E-state index contributed by atoms with van der Waals surface area (Å²) in [6, 6.07) is 27.6. The second-order valence-corrected chi connectivity index (χ2v) is 14.2. The number of hydrogen-bond donors (Lipinski definition) is 1. The lowest BCUT2D eigenvalue weighted by Gasteiger charge is -2.50. The van der Waals surface area contributed by atoms with Crippen LogP contribution in [0.4, 0.5) is 11.4 Å². The van der Waals surface area contributed by atoms with E-state index in [4.69, 9.17) is 11.6 Å². The van der Waals surface area contributed by atoms with Crippen molar-refractivity contribution in [1.29, 1.82) is 0 Å². The maximum Gasteiger partial charge on any atom is 0.246 e. The van der Waals surface area contributed by atoms with E-state index in [0.29, 0.717) is 38.7 Å². The number of amides is 4. The third-order valence-corrected chi connectivity index (χ3v) is 11.5. The molecule has 2 aliphatic heterocycles. The van der Waals surface area contributed by atoms with Crippen LogP contribution in [-0.2, 0) is 24.6 Å². The van der Waals surface area contributed by atoms with Crippen LogP contribution >= 0.6 is 11.6 Å². The Bertz CT molecular complexity index is 2160. The molecule has 0 aromatic heterocycles. The van der Waals surface area contributed by atoms with Crippen LogP contribution < -0.4 is 9.80 Å². The summed E-state index contributed by atoms with van der Waals surface area (Å²) in [5, 5.41) is 12.1. The predicted molar refractivity (Wildman–Crippen MR) is 188 cm³/mol. The second-order valence-electron chi connectivity index (χ2n) is 13.7. The number of rotatable bonds is 5. The molecule has 0 spiro atoms.